The molecule has 30 heavy (non-hydrogen) atoms. The molecule has 0 aliphatic carbocycles. The molecule has 1 fully saturated rings. The minimum Gasteiger partial charge on any atom is -0.445 e. The SMILES string of the molecule is CS(=O)(=O)c1ccc(Nc2nc(N3CCC[C@@H](OC(N)=O)C3)cnc2C(N)=O)cc1. The summed E-state index contributed by atoms with van der Waals surface area (Å²) >= 11 is 0. The van der Waals surface area contributed by atoms with Crippen molar-refractivity contribution in [2.24, 2.45) is 11.5 Å². The quantitative estimate of drug-likeness (QED) is 0.594. The Labute approximate surface area is 173 Å². The van der Waals surface area contributed by atoms with Gasteiger partial charge in [0, 0.05) is 18.5 Å². The highest BCUT2D eigenvalue weighted by Crippen LogP contribution is 2.24. The second-order valence-electron chi connectivity index (χ2n) is 6.86. The second-order valence-corrected chi connectivity index (χ2v) is 8.87. The van der Waals surface area contributed by atoms with Crippen LogP contribution in [0.4, 0.5) is 22.1 Å². The van der Waals surface area contributed by atoms with Gasteiger partial charge >= 0.3 is 6.09 Å². The molecule has 11 nitrogen and oxygen atoms in total. The topological polar surface area (TPSA) is 171 Å². The summed E-state index contributed by atoms with van der Waals surface area (Å²) in [6.07, 6.45) is 2.77. The molecule has 2 heterocycles. The lowest BCUT2D eigenvalue weighted by Gasteiger charge is -2.32. The summed E-state index contributed by atoms with van der Waals surface area (Å²) in [6, 6.07) is 5.98. The average molecular weight is 434 g/mol. The van der Waals surface area contributed by atoms with Gasteiger partial charge in [-0.2, -0.15) is 0 Å². The van der Waals surface area contributed by atoms with Crippen molar-refractivity contribution in [3.05, 3.63) is 36.2 Å². The number of primary amides is 2. The molecule has 1 aliphatic heterocycles. The number of ether oxygens (including phenoxy) is 1. The van der Waals surface area contributed by atoms with E-state index in [1.165, 1.54) is 18.3 Å². The first-order valence-corrected chi connectivity index (χ1v) is 11.0. The van der Waals surface area contributed by atoms with Gasteiger partial charge in [0.25, 0.3) is 5.91 Å². The van der Waals surface area contributed by atoms with Gasteiger partial charge in [-0.3, -0.25) is 4.79 Å². The number of hydrogen-bond donors (Lipinski definition) is 3. The molecule has 1 atom stereocenters. The van der Waals surface area contributed by atoms with Gasteiger partial charge in [0.2, 0.25) is 0 Å². The fraction of sp³-hybridized carbons (Fsp3) is 0.333. The molecular formula is C18H22N6O5S. The summed E-state index contributed by atoms with van der Waals surface area (Å²) in [5.74, 6) is -0.170. The number of nitrogens with zero attached hydrogens (tertiary/aromatic N) is 3. The van der Waals surface area contributed by atoms with E-state index in [0.29, 0.717) is 31.0 Å². The highest BCUT2D eigenvalue weighted by atomic mass is 32.2. The van der Waals surface area contributed by atoms with E-state index < -0.39 is 21.8 Å². The Morgan fingerprint density at radius 3 is 2.53 bits per heavy atom. The van der Waals surface area contributed by atoms with E-state index in [-0.39, 0.29) is 22.5 Å². The lowest BCUT2D eigenvalue weighted by Crippen LogP contribution is -2.42. The van der Waals surface area contributed by atoms with E-state index >= 15 is 0 Å². The van der Waals surface area contributed by atoms with Gasteiger partial charge in [-0.1, -0.05) is 0 Å². The highest BCUT2D eigenvalue weighted by Gasteiger charge is 2.25. The monoisotopic (exact) mass is 434 g/mol. The number of aromatic nitrogens is 2. The Morgan fingerprint density at radius 2 is 1.93 bits per heavy atom. The van der Waals surface area contributed by atoms with Gasteiger partial charge in [-0.05, 0) is 37.1 Å². The summed E-state index contributed by atoms with van der Waals surface area (Å²) in [4.78, 5) is 33.4. The van der Waals surface area contributed by atoms with Gasteiger partial charge in [0.15, 0.2) is 21.3 Å². The first-order chi connectivity index (χ1) is 14.1. The molecule has 2 aromatic rings. The minimum absolute atomic E-state index is 0.0621. The zero-order valence-corrected chi connectivity index (χ0v) is 17.1. The zero-order valence-electron chi connectivity index (χ0n) is 16.2. The van der Waals surface area contributed by atoms with Crippen molar-refractivity contribution in [1.29, 1.82) is 0 Å². The number of amides is 2. The average Bonchev–Trinajstić information content (AvgIpc) is 2.67. The largest absolute Gasteiger partial charge is 0.445 e. The summed E-state index contributed by atoms with van der Waals surface area (Å²) in [5.41, 5.74) is 11.0. The molecule has 0 unspecified atom stereocenters. The van der Waals surface area contributed by atoms with Crippen LogP contribution in [-0.2, 0) is 14.6 Å². The van der Waals surface area contributed by atoms with Gasteiger partial charge < -0.3 is 26.4 Å². The molecule has 12 heteroatoms. The van der Waals surface area contributed by atoms with Crippen molar-refractivity contribution < 1.29 is 22.7 Å². The molecule has 2 amide bonds. The van der Waals surface area contributed by atoms with E-state index in [0.717, 1.165) is 12.7 Å². The van der Waals surface area contributed by atoms with E-state index in [4.69, 9.17) is 16.2 Å². The smallest absolute Gasteiger partial charge is 0.404 e. The summed E-state index contributed by atoms with van der Waals surface area (Å²) in [7, 11) is -3.33. The van der Waals surface area contributed by atoms with Crippen LogP contribution in [0.25, 0.3) is 0 Å². The fourth-order valence-corrected chi connectivity index (χ4v) is 3.76. The van der Waals surface area contributed by atoms with E-state index in [1.807, 2.05) is 4.90 Å². The fourth-order valence-electron chi connectivity index (χ4n) is 3.13. The van der Waals surface area contributed by atoms with Crippen LogP contribution in [0, 0.1) is 0 Å². The number of sulfone groups is 1. The Kier molecular flexibility index (Phi) is 6.06. The number of carbonyl (C=O) groups is 2. The van der Waals surface area contributed by atoms with Gasteiger partial charge in [0.1, 0.15) is 11.9 Å². The first-order valence-electron chi connectivity index (χ1n) is 9.08. The van der Waals surface area contributed by atoms with Crippen molar-refractivity contribution in [3.8, 4) is 0 Å². The number of benzene rings is 1. The third-order valence-corrected chi connectivity index (χ3v) is 5.65. The number of hydrogen-bond acceptors (Lipinski definition) is 9. The number of piperidine rings is 1. The third-order valence-electron chi connectivity index (χ3n) is 4.52. The van der Waals surface area contributed by atoms with Crippen LogP contribution in [0.5, 0.6) is 0 Å². The van der Waals surface area contributed by atoms with Crippen molar-refractivity contribution in [2.75, 3.05) is 29.6 Å². The van der Waals surface area contributed by atoms with Crippen LogP contribution >= 0.6 is 0 Å². The molecule has 1 saturated heterocycles. The molecular weight excluding hydrogens is 412 g/mol. The summed E-state index contributed by atoms with van der Waals surface area (Å²) < 4.78 is 28.3. The lowest BCUT2D eigenvalue weighted by atomic mass is 10.1. The van der Waals surface area contributed by atoms with Crippen molar-refractivity contribution in [2.45, 2.75) is 23.8 Å². The summed E-state index contributed by atoms with van der Waals surface area (Å²) in [6.45, 7) is 1.04. The highest BCUT2D eigenvalue weighted by molar-refractivity contribution is 7.90. The van der Waals surface area contributed by atoms with Crippen LogP contribution in [-0.4, -0.2) is 55.8 Å². The minimum atomic E-state index is -3.33. The van der Waals surface area contributed by atoms with E-state index in [1.54, 1.807) is 12.1 Å². The van der Waals surface area contributed by atoms with Crippen LogP contribution in [0.2, 0.25) is 0 Å². The van der Waals surface area contributed by atoms with Crippen molar-refractivity contribution >= 4 is 39.2 Å². The first kappa shape index (κ1) is 21.3. The van der Waals surface area contributed by atoms with E-state index in [2.05, 4.69) is 15.3 Å². The van der Waals surface area contributed by atoms with Crippen LogP contribution in [0.15, 0.2) is 35.4 Å². The Balaban J connectivity index is 1.86. The maximum Gasteiger partial charge on any atom is 0.404 e. The van der Waals surface area contributed by atoms with Gasteiger partial charge in [-0.25, -0.2) is 23.2 Å². The standard InChI is InChI=1S/C18H22N6O5S/c1-30(27,28)13-6-4-11(5-7-13)22-17-15(16(19)25)21-9-14(23-17)24-8-2-3-12(10-24)29-18(20)26/h4-7,9,12H,2-3,8,10H2,1H3,(H2,19,25)(H2,20,26)(H,22,23)/t12-/m1/s1. The van der Waals surface area contributed by atoms with Crippen molar-refractivity contribution in [3.63, 3.8) is 0 Å². The second kappa shape index (κ2) is 8.53. The maximum absolute atomic E-state index is 11.8. The zero-order chi connectivity index (χ0) is 21.9. The van der Waals surface area contributed by atoms with Gasteiger partial charge in [0.05, 0.1) is 17.6 Å². The maximum atomic E-state index is 11.8. The molecule has 0 saturated carbocycles. The number of nitrogens with one attached hydrogen (secondary N) is 1. The predicted octanol–water partition coefficient (Wildman–Crippen LogP) is 0.787. The number of anilines is 3. The molecule has 0 radical (unpaired) electrons. The number of rotatable bonds is 6. The van der Waals surface area contributed by atoms with Crippen LogP contribution in [0.3, 0.4) is 0 Å². The molecule has 0 bridgehead atoms. The molecule has 160 valence electrons. The molecule has 1 aliphatic rings. The third kappa shape index (κ3) is 5.14. The van der Waals surface area contributed by atoms with Crippen LogP contribution in [0.1, 0.15) is 23.3 Å². The van der Waals surface area contributed by atoms with Crippen LogP contribution < -0.4 is 21.7 Å². The molecule has 1 aromatic carbocycles. The Morgan fingerprint density at radius 1 is 1.23 bits per heavy atom. The van der Waals surface area contributed by atoms with Crippen molar-refractivity contribution in [1.82, 2.24) is 9.97 Å². The van der Waals surface area contributed by atoms with E-state index in [9.17, 15) is 18.0 Å². The Hall–Kier alpha value is -3.41. The number of carbonyl (C=O) groups excluding carboxylic acids is 2. The Bertz CT molecular complexity index is 1060. The molecule has 1 aromatic heterocycles. The molecule has 3 rings (SSSR count). The molecule has 5 N–H and O–H groups in total. The normalized spacial score (nSPS) is 16.7. The van der Waals surface area contributed by atoms with Gasteiger partial charge in [-0.15, -0.1) is 0 Å². The lowest BCUT2D eigenvalue weighted by molar-refractivity contribution is 0.0960. The summed E-state index contributed by atoms with van der Waals surface area (Å²) in [5, 5.41) is 2.95. The number of nitrogens with two attached hydrogens (primary N) is 2. The molecule has 0 spiro atoms. The predicted molar refractivity (Wildman–Crippen MR) is 109 cm³/mol.